The van der Waals surface area contributed by atoms with E-state index < -0.39 is 0 Å². The second kappa shape index (κ2) is 12.9. The van der Waals surface area contributed by atoms with Crippen LogP contribution in [0.25, 0.3) is 11.4 Å². The van der Waals surface area contributed by atoms with Crippen molar-refractivity contribution in [2.24, 2.45) is 0 Å². The van der Waals surface area contributed by atoms with Gasteiger partial charge in [0.2, 0.25) is 0 Å². The van der Waals surface area contributed by atoms with Crippen LogP contribution in [0.5, 0.6) is 0 Å². The number of allylic oxidation sites excluding steroid dienone is 1. The largest absolute Gasteiger partial charge is 4.00 e. The van der Waals surface area contributed by atoms with Gasteiger partial charge in [-0.15, -0.1) is 29.4 Å². The third kappa shape index (κ3) is 7.61. The molecular formula is C21H17Cl2NZr. The Labute approximate surface area is 181 Å². The maximum Gasteiger partial charge on any atom is 4.00 e. The molecule has 0 saturated carbocycles. The van der Waals surface area contributed by atoms with Crippen molar-refractivity contribution < 1.29 is 51.0 Å². The van der Waals surface area contributed by atoms with Crippen LogP contribution in [0.3, 0.4) is 0 Å². The predicted octanol–water partition coefficient (Wildman–Crippen LogP) is 0.0881. The third-order valence-corrected chi connectivity index (χ3v) is 3.38. The Bertz CT molecular complexity index is 709. The first-order chi connectivity index (χ1) is 10.9. The van der Waals surface area contributed by atoms with E-state index in [2.05, 4.69) is 41.7 Å². The van der Waals surface area contributed by atoms with Gasteiger partial charge in [-0.3, -0.25) is 6.08 Å². The molecule has 0 bridgehead atoms. The van der Waals surface area contributed by atoms with Crippen LogP contribution >= 0.6 is 0 Å². The summed E-state index contributed by atoms with van der Waals surface area (Å²) in [6.07, 6.45) is 6.21. The van der Waals surface area contributed by atoms with E-state index in [-0.39, 0.29) is 51.0 Å². The molecule has 4 heteroatoms. The minimum atomic E-state index is 0. The molecule has 0 aromatic heterocycles. The molecule has 1 aliphatic carbocycles. The van der Waals surface area contributed by atoms with E-state index >= 15 is 0 Å². The van der Waals surface area contributed by atoms with Crippen molar-refractivity contribution in [3.8, 4) is 0 Å². The topological polar surface area (TPSA) is 14.1 Å². The molecule has 1 aliphatic rings. The van der Waals surface area contributed by atoms with Crippen LogP contribution in [-0.2, 0) is 32.6 Å². The minimum Gasteiger partial charge on any atom is -1.00 e. The molecule has 1 nitrogen and oxygen atoms in total. The van der Waals surface area contributed by atoms with Crippen molar-refractivity contribution in [3.05, 3.63) is 107 Å². The zero-order valence-electron chi connectivity index (χ0n) is 13.6. The molecule has 25 heavy (non-hydrogen) atoms. The average Bonchev–Trinajstić information content (AvgIpc) is 3.06. The molecule has 0 radical (unpaired) electrons. The second-order valence-corrected chi connectivity index (χ2v) is 5.01. The Kier molecular flexibility index (Phi) is 12.3. The van der Waals surface area contributed by atoms with Crippen LogP contribution in [0, 0.1) is 6.08 Å². The minimum absolute atomic E-state index is 0. The number of halogens is 2. The smallest absolute Gasteiger partial charge is 1.00 e. The van der Waals surface area contributed by atoms with Gasteiger partial charge >= 0.3 is 26.2 Å². The van der Waals surface area contributed by atoms with Gasteiger partial charge in [-0.2, -0.15) is 5.56 Å². The summed E-state index contributed by atoms with van der Waals surface area (Å²) in [7, 11) is 0. The number of benzene rings is 3. The Morgan fingerprint density at radius 1 is 0.640 bits per heavy atom. The van der Waals surface area contributed by atoms with Gasteiger partial charge < -0.3 is 30.1 Å². The number of rotatable bonds is 2. The fraction of sp³-hybridized carbons (Fsp3) is 0.0476. The predicted molar refractivity (Wildman–Crippen MR) is 93.4 cm³/mol. The number of hydrogen-bond donors (Lipinski definition) is 0. The molecule has 0 amide bonds. The van der Waals surface area contributed by atoms with Gasteiger partial charge in [0.25, 0.3) is 0 Å². The molecule has 3 aromatic rings. The van der Waals surface area contributed by atoms with E-state index in [4.69, 9.17) is 0 Å². The first-order valence-electron chi connectivity index (χ1n) is 7.38. The number of hydrogen-bond acceptors (Lipinski definition) is 0. The molecule has 3 aromatic carbocycles. The first-order valence-corrected chi connectivity index (χ1v) is 7.38. The Hall–Kier alpha value is -1.34. The molecule has 0 aliphatic heterocycles. The van der Waals surface area contributed by atoms with Crippen molar-refractivity contribution in [2.45, 2.75) is 6.42 Å². The quantitative estimate of drug-likeness (QED) is 0.497. The normalized spacial score (nSPS) is 9.92. The third-order valence-electron chi connectivity index (χ3n) is 3.38. The van der Waals surface area contributed by atoms with Crippen LogP contribution in [-0.4, -0.2) is 0 Å². The molecule has 124 valence electrons. The summed E-state index contributed by atoms with van der Waals surface area (Å²) < 4.78 is 0. The van der Waals surface area contributed by atoms with Crippen LogP contribution in [0.4, 0.5) is 11.4 Å². The fourth-order valence-electron chi connectivity index (χ4n) is 2.26. The molecule has 0 N–H and O–H groups in total. The number of para-hydroxylation sites is 2. The molecule has 0 saturated heterocycles. The molecule has 4 rings (SSSR count). The van der Waals surface area contributed by atoms with Gasteiger partial charge in [0.1, 0.15) is 0 Å². The maximum atomic E-state index is 4.44. The fourth-order valence-corrected chi connectivity index (χ4v) is 2.26. The average molecular weight is 446 g/mol. The van der Waals surface area contributed by atoms with Gasteiger partial charge in [0.15, 0.2) is 0 Å². The standard InChI is InChI=1S/C12H10N.C9H7.2ClH.Zr/c1-3-7-11(8-4-1)13-12-9-5-2-6-10-12;1-2-5-9-7-3-6-8(9)4-1;;;/h1-10H;1-2,4-6H,7H2;2*1H;/q2*-1;;;+4/p-2. The zero-order valence-corrected chi connectivity index (χ0v) is 17.5. The van der Waals surface area contributed by atoms with Gasteiger partial charge in [-0.05, 0) is 0 Å². The van der Waals surface area contributed by atoms with Crippen molar-refractivity contribution in [1.29, 1.82) is 0 Å². The first kappa shape index (κ1) is 23.7. The van der Waals surface area contributed by atoms with E-state index in [1.54, 1.807) is 0 Å². The summed E-state index contributed by atoms with van der Waals surface area (Å²) in [6.45, 7) is 0. The summed E-state index contributed by atoms with van der Waals surface area (Å²) in [4.78, 5) is 0. The van der Waals surface area contributed by atoms with E-state index in [0.29, 0.717) is 0 Å². The Morgan fingerprint density at radius 2 is 1.12 bits per heavy atom. The van der Waals surface area contributed by atoms with Crippen LogP contribution < -0.4 is 24.8 Å². The Morgan fingerprint density at radius 3 is 1.64 bits per heavy atom. The summed E-state index contributed by atoms with van der Waals surface area (Å²) in [5, 5.41) is 4.44. The summed E-state index contributed by atoms with van der Waals surface area (Å²) in [6, 6.07) is 28.3. The van der Waals surface area contributed by atoms with Gasteiger partial charge in [-0.1, -0.05) is 78.9 Å². The second-order valence-electron chi connectivity index (χ2n) is 5.01. The van der Waals surface area contributed by atoms with Crippen LogP contribution in [0.2, 0.25) is 0 Å². The molecule has 0 atom stereocenters. The van der Waals surface area contributed by atoms with E-state index in [0.717, 1.165) is 17.8 Å². The van der Waals surface area contributed by atoms with Crippen LogP contribution in [0.1, 0.15) is 11.1 Å². The summed E-state index contributed by atoms with van der Waals surface area (Å²) in [5.41, 5.74) is 4.72. The zero-order chi connectivity index (χ0) is 15.0. The molecule has 0 heterocycles. The molecule has 0 fully saturated rings. The number of nitrogens with zero attached hydrogens (tertiary/aromatic N) is 1. The van der Waals surface area contributed by atoms with Gasteiger partial charge in [-0.25, -0.2) is 6.08 Å². The maximum absolute atomic E-state index is 4.44. The van der Waals surface area contributed by atoms with Crippen molar-refractivity contribution in [1.82, 2.24) is 0 Å². The summed E-state index contributed by atoms with van der Waals surface area (Å²) >= 11 is 0. The molecule has 0 spiro atoms. The molecular weight excluding hydrogens is 428 g/mol. The van der Waals surface area contributed by atoms with Crippen molar-refractivity contribution in [3.63, 3.8) is 0 Å². The van der Waals surface area contributed by atoms with E-state index in [9.17, 15) is 0 Å². The van der Waals surface area contributed by atoms with E-state index in [1.807, 2.05) is 60.7 Å². The number of fused-ring (bicyclic) bond motifs is 1. The molecule has 0 unspecified atom stereocenters. The monoisotopic (exact) mass is 443 g/mol. The van der Waals surface area contributed by atoms with Gasteiger partial charge in [0.05, 0.1) is 0 Å². The van der Waals surface area contributed by atoms with Crippen molar-refractivity contribution >= 4 is 17.5 Å². The SMILES string of the molecule is [C-]1=Cc2ccccc2C1.[Cl-].[Cl-].[Zr+4].c1ccc([N-]c2ccccc2)cc1. The van der Waals surface area contributed by atoms with E-state index in [1.165, 1.54) is 11.1 Å². The Balaban J connectivity index is 0.000000430. The van der Waals surface area contributed by atoms with Crippen molar-refractivity contribution in [2.75, 3.05) is 0 Å². The van der Waals surface area contributed by atoms with Crippen LogP contribution in [0.15, 0.2) is 84.9 Å². The van der Waals surface area contributed by atoms with Gasteiger partial charge in [0, 0.05) is 0 Å². The summed E-state index contributed by atoms with van der Waals surface area (Å²) in [5.74, 6) is 0.